The molecule has 4 atom stereocenters. The fourth-order valence-corrected chi connectivity index (χ4v) is 3.23. The van der Waals surface area contributed by atoms with Gasteiger partial charge in [0.05, 0.1) is 18.8 Å². The average molecular weight is 359 g/mol. The fraction of sp³-hybridized carbons (Fsp3) is 0.400. The van der Waals surface area contributed by atoms with Crippen LogP contribution in [0.3, 0.4) is 0 Å². The maximum Gasteiger partial charge on any atom is 0.119 e. The Bertz CT molecular complexity index is 678. The van der Waals surface area contributed by atoms with Gasteiger partial charge in [-0.2, -0.15) is 0 Å². The van der Waals surface area contributed by atoms with E-state index in [2.05, 4.69) is 0 Å². The first kappa shape index (κ1) is 18.8. The van der Waals surface area contributed by atoms with Crippen LogP contribution in [0.5, 0.6) is 5.75 Å². The smallest absolute Gasteiger partial charge is 0.119 e. The van der Waals surface area contributed by atoms with Crippen molar-refractivity contribution in [1.82, 2.24) is 4.90 Å². The molecule has 0 amide bonds. The Balaban J connectivity index is 1.59. The van der Waals surface area contributed by atoms with Crippen LogP contribution in [0.15, 0.2) is 54.6 Å². The molecule has 0 spiro atoms. The molecule has 0 bridgehead atoms. The van der Waals surface area contributed by atoms with Crippen LogP contribution in [-0.4, -0.2) is 62.8 Å². The molecule has 0 radical (unpaired) electrons. The van der Waals surface area contributed by atoms with Gasteiger partial charge in [-0.25, -0.2) is 0 Å². The second-order valence-electron chi connectivity index (χ2n) is 6.65. The zero-order valence-corrected chi connectivity index (χ0v) is 14.5. The largest absolute Gasteiger partial charge is 0.489 e. The number of benzene rings is 2. The van der Waals surface area contributed by atoms with Gasteiger partial charge in [-0.15, -0.1) is 0 Å². The summed E-state index contributed by atoms with van der Waals surface area (Å²) in [5, 5.41) is 39.2. The Morgan fingerprint density at radius 1 is 0.885 bits per heavy atom. The van der Waals surface area contributed by atoms with Crippen molar-refractivity contribution in [2.24, 2.45) is 0 Å². The van der Waals surface area contributed by atoms with Gasteiger partial charge >= 0.3 is 0 Å². The minimum Gasteiger partial charge on any atom is -0.489 e. The number of nitrogens with zero attached hydrogens (tertiary/aromatic N) is 1. The predicted molar refractivity (Wildman–Crippen MR) is 96.5 cm³/mol. The Labute approximate surface area is 152 Å². The first-order valence-electron chi connectivity index (χ1n) is 8.73. The highest BCUT2D eigenvalue weighted by Gasteiger charge is 2.40. The highest BCUT2D eigenvalue weighted by Crippen LogP contribution is 2.22. The lowest BCUT2D eigenvalue weighted by molar-refractivity contribution is -0.147. The lowest BCUT2D eigenvalue weighted by atomic mass is 9.94. The maximum absolute atomic E-state index is 10.0. The highest BCUT2D eigenvalue weighted by molar-refractivity contribution is 5.28. The molecule has 2 aromatic rings. The van der Waals surface area contributed by atoms with Crippen molar-refractivity contribution in [1.29, 1.82) is 0 Å². The van der Waals surface area contributed by atoms with Crippen LogP contribution in [0.4, 0.5) is 0 Å². The summed E-state index contributed by atoms with van der Waals surface area (Å²) >= 11 is 0. The second kappa shape index (κ2) is 8.62. The van der Waals surface area contributed by atoms with E-state index >= 15 is 0 Å². The van der Waals surface area contributed by atoms with Gasteiger partial charge in [-0.05, 0) is 23.3 Å². The van der Waals surface area contributed by atoms with Crippen LogP contribution in [0.25, 0.3) is 0 Å². The van der Waals surface area contributed by atoms with Gasteiger partial charge < -0.3 is 25.2 Å². The van der Waals surface area contributed by atoms with Crippen molar-refractivity contribution in [2.45, 2.75) is 37.5 Å². The quantitative estimate of drug-likeness (QED) is 0.601. The molecule has 6 nitrogen and oxygen atoms in total. The number of aliphatic hydroxyl groups is 4. The monoisotopic (exact) mass is 359 g/mol. The van der Waals surface area contributed by atoms with Crippen LogP contribution in [-0.2, 0) is 13.2 Å². The summed E-state index contributed by atoms with van der Waals surface area (Å²) in [5.74, 6) is 0.755. The summed E-state index contributed by atoms with van der Waals surface area (Å²) in [5.41, 5.74) is 2.06. The van der Waals surface area contributed by atoms with Crippen molar-refractivity contribution in [2.75, 3.05) is 13.2 Å². The molecule has 4 N–H and O–H groups in total. The van der Waals surface area contributed by atoms with E-state index in [1.54, 1.807) is 4.90 Å². The average Bonchev–Trinajstić information content (AvgIpc) is 2.67. The van der Waals surface area contributed by atoms with Crippen LogP contribution in [0.1, 0.15) is 11.1 Å². The van der Waals surface area contributed by atoms with Gasteiger partial charge in [-0.1, -0.05) is 42.5 Å². The first-order valence-corrected chi connectivity index (χ1v) is 8.73. The number of likely N-dealkylation sites (tertiary alicyclic amines) is 1. The Morgan fingerprint density at radius 2 is 1.58 bits per heavy atom. The summed E-state index contributed by atoms with van der Waals surface area (Å²) < 4.78 is 5.76. The molecule has 4 unspecified atom stereocenters. The molecular weight excluding hydrogens is 334 g/mol. The maximum atomic E-state index is 10.0. The van der Waals surface area contributed by atoms with Crippen molar-refractivity contribution in [3.8, 4) is 5.75 Å². The highest BCUT2D eigenvalue weighted by atomic mass is 16.5. The zero-order valence-electron chi connectivity index (χ0n) is 14.5. The zero-order chi connectivity index (χ0) is 18.5. The van der Waals surface area contributed by atoms with E-state index in [1.807, 2.05) is 54.6 Å². The Morgan fingerprint density at radius 3 is 2.23 bits per heavy atom. The van der Waals surface area contributed by atoms with Crippen molar-refractivity contribution < 1.29 is 25.2 Å². The van der Waals surface area contributed by atoms with E-state index in [4.69, 9.17) is 4.74 Å². The van der Waals surface area contributed by atoms with E-state index < -0.39 is 24.4 Å². The summed E-state index contributed by atoms with van der Waals surface area (Å²) in [6.45, 7) is 0.846. The summed E-state index contributed by atoms with van der Waals surface area (Å²) in [6, 6.07) is 16.9. The third-order valence-electron chi connectivity index (χ3n) is 4.77. The molecule has 1 aliphatic rings. The molecule has 3 rings (SSSR count). The number of hydrogen-bond acceptors (Lipinski definition) is 6. The minimum absolute atomic E-state index is 0.190. The van der Waals surface area contributed by atoms with Gasteiger partial charge in [0.1, 0.15) is 24.6 Å². The van der Waals surface area contributed by atoms with Crippen molar-refractivity contribution in [3.63, 3.8) is 0 Å². The number of piperidine rings is 1. The number of aliphatic hydroxyl groups excluding tert-OH is 4. The summed E-state index contributed by atoms with van der Waals surface area (Å²) in [6.07, 6.45) is -3.46. The van der Waals surface area contributed by atoms with Gasteiger partial charge in [0.15, 0.2) is 0 Å². The molecule has 0 saturated carbocycles. The molecule has 2 aromatic carbocycles. The third kappa shape index (κ3) is 4.41. The lowest BCUT2D eigenvalue weighted by Gasteiger charge is -2.43. The van der Waals surface area contributed by atoms with Crippen LogP contribution >= 0.6 is 0 Å². The Hall–Kier alpha value is -1.96. The molecule has 6 heteroatoms. The lowest BCUT2D eigenvalue weighted by Crippen LogP contribution is -2.62. The standard InChI is InChI=1S/C20H25NO5/c22-12-17-19(24)20(25)18(23)11-21(17)10-14-6-8-16(9-7-14)26-13-15-4-2-1-3-5-15/h1-9,17-20,22-25H,10-13H2. The first-order chi connectivity index (χ1) is 12.6. The predicted octanol–water partition coefficient (Wildman–Crippen LogP) is 0.525. The molecule has 140 valence electrons. The van der Waals surface area contributed by atoms with E-state index in [-0.39, 0.29) is 13.2 Å². The van der Waals surface area contributed by atoms with Crippen LogP contribution in [0.2, 0.25) is 0 Å². The Kier molecular flexibility index (Phi) is 6.24. The molecule has 1 fully saturated rings. The summed E-state index contributed by atoms with van der Waals surface area (Å²) in [4.78, 5) is 1.78. The normalized spacial score (nSPS) is 26.6. The molecule has 1 saturated heterocycles. The molecule has 1 aliphatic heterocycles. The van der Waals surface area contributed by atoms with Gasteiger partial charge in [0, 0.05) is 13.1 Å². The van der Waals surface area contributed by atoms with E-state index in [1.165, 1.54) is 0 Å². The SMILES string of the molecule is OCC1C(O)C(O)C(O)CN1Cc1ccc(OCc2ccccc2)cc1. The van der Waals surface area contributed by atoms with Crippen LogP contribution in [0, 0.1) is 0 Å². The fourth-order valence-electron chi connectivity index (χ4n) is 3.23. The topological polar surface area (TPSA) is 93.4 Å². The van der Waals surface area contributed by atoms with Crippen molar-refractivity contribution in [3.05, 3.63) is 65.7 Å². The van der Waals surface area contributed by atoms with E-state index in [0.717, 1.165) is 16.9 Å². The minimum atomic E-state index is -1.24. The van der Waals surface area contributed by atoms with Crippen LogP contribution < -0.4 is 4.74 Å². The number of rotatable bonds is 6. The molecule has 0 aliphatic carbocycles. The molecular formula is C20H25NO5. The third-order valence-corrected chi connectivity index (χ3v) is 4.77. The van der Waals surface area contributed by atoms with E-state index in [0.29, 0.717) is 13.2 Å². The molecule has 26 heavy (non-hydrogen) atoms. The molecule has 1 heterocycles. The van der Waals surface area contributed by atoms with Gasteiger partial charge in [0.25, 0.3) is 0 Å². The number of ether oxygens (including phenoxy) is 1. The number of β-amino-alcohol motifs (C(OH)–C–C–N with tert-alkyl or cyclic N) is 1. The van der Waals surface area contributed by atoms with Gasteiger partial charge in [-0.3, -0.25) is 4.90 Å². The number of hydrogen-bond donors (Lipinski definition) is 4. The molecule has 0 aromatic heterocycles. The van der Waals surface area contributed by atoms with Gasteiger partial charge in [0.2, 0.25) is 0 Å². The second-order valence-corrected chi connectivity index (χ2v) is 6.65. The van der Waals surface area contributed by atoms with E-state index in [9.17, 15) is 20.4 Å². The summed E-state index contributed by atoms with van der Waals surface area (Å²) in [7, 11) is 0. The van der Waals surface area contributed by atoms with Crippen molar-refractivity contribution >= 4 is 0 Å².